The Labute approximate surface area is 162 Å². The topological polar surface area (TPSA) is 28.5 Å². The zero-order valence-electron chi connectivity index (χ0n) is 16.7. The molecule has 0 radical (unpaired) electrons. The van der Waals surface area contributed by atoms with Crippen molar-refractivity contribution in [3.05, 3.63) is 58.0 Å². The summed E-state index contributed by atoms with van der Waals surface area (Å²) >= 11 is 0. The molecule has 1 saturated carbocycles. The second-order valence-electron chi connectivity index (χ2n) is 8.22. The van der Waals surface area contributed by atoms with Crippen LogP contribution in [0.25, 0.3) is 0 Å². The summed E-state index contributed by atoms with van der Waals surface area (Å²) in [7, 11) is 1.83. The first-order valence-electron chi connectivity index (χ1n) is 10.4. The summed E-state index contributed by atoms with van der Waals surface area (Å²) in [4.78, 5) is 16.8. The van der Waals surface area contributed by atoms with Gasteiger partial charge in [0.15, 0.2) is 0 Å². The van der Waals surface area contributed by atoms with Crippen molar-refractivity contribution in [2.75, 3.05) is 24.5 Å². The van der Waals surface area contributed by atoms with Gasteiger partial charge in [0.25, 0.3) is 0 Å². The predicted octanol–water partition coefficient (Wildman–Crippen LogP) is 4.09. The molecule has 2 aliphatic rings. The molecule has 144 valence electrons. The van der Waals surface area contributed by atoms with Gasteiger partial charge < -0.3 is 9.47 Å². The minimum Gasteiger partial charge on any atom is -0.340 e. The van der Waals surface area contributed by atoms with Crippen molar-refractivity contribution in [3.63, 3.8) is 0 Å². The molecule has 1 aromatic carbocycles. The SMILES string of the molecule is CCCCN(c1ccc2c(c1)CN(CC1CC1)CC2)c1ccc(=O)n(C)c1. The number of aryl methyl sites for hydroxylation is 1. The quantitative estimate of drug-likeness (QED) is 0.740. The normalized spacial score (nSPS) is 17.0. The third-order valence-corrected chi connectivity index (χ3v) is 5.92. The van der Waals surface area contributed by atoms with Gasteiger partial charge in [-0.25, -0.2) is 0 Å². The second kappa shape index (κ2) is 7.89. The Hall–Kier alpha value is -2.07. The van der Waals surface area contributed by atoms with E-state index in [-0.39, 0.29) is 5.56 Å². The molecule has 0 N–H and O–H groups in total. The Bertz CT molecular complexity index is 853. The number of aromatic nitrogens is 1. The van der Waals surface area contributed by atoms with Crippen molar-refractivity contribution < 1.29 is 0 Å². The molecule has 1 aliphatic heterocycles. The molecule has 0 atom stereocenters. The highest BCUT2D eigenvalue weighted by Crippen LogP contribution is 2.33. The molecule has 0 spiro atoms. The van der Waals surface area contributed by atoms with Crippen LogP contribution in [0.3, 0.4) is 0 Å². The fourth-order valence-corrected chi connectivity index (χ4v) is 4.05. The summed E-state index contributed by atoms with van der Waals surface area (Å²) in [6, 6.07) is 10.6. The van der Waals surface area contributed by atoms with E-state index in [2.05, 4.69) is 34.9 Å². The Morgan fingerprint density at radius 2 is 1.93 bits per heavy atom. The summed E-state index contributed by atoms with van der Waals surface area (Å²) in [6.45, 7) is 6.74. The lowest BCUT2D eigenvalue weighted by Gasteiger charge is -2.31. The van der Waals surface area contributed by atoms with Crippen LogP contribution in [0, 0.1) is 5.92 Å². The van der Waals surface area contributed by atoms with Crippen molar-refractivity contribution >= 4 is 11.4 Å². The predicted molar refractivity (Wildman–Crippen MR) is 112 cm³/mol. The summed E-state index contributed by atoms with van der Waals surface area (Å²) < 4.78 is 1.67. The number of pyridine rings is 1. The van der Waals surface area contributed by atoms with E-state index in [4.69, 9.17) is 0 Å². The number of fused-ring (bicyclic) bond motifs is 1. The molecule has 27 heavy (non-hydrogen) atoms. The van der Waals surface area contributed by atoms with Gasteiger partial charge in [0, 0.05) is 51.2 Å². The molecule has 0 bridgehead atoms. The van der Waals surface area contributed by atoms with Gasteiger partial charge in [-0.3, -0.25) is 9.69 Å². The van der Waals surface area contributed by atoms with Crippen LogP contribution in [0.1, 0.15) is 43.7 Å². The molecule has 2 heterocycles. The van der Waals surface area contributed by atoms with Crippen molar-refractivity contribution in [3.8, 4) is 0 Å². The third kappa shape index (κ3) is 4.27. The molecule has 2 aromatic rings. The van der Waals surface area contributed by atoms with Gasteiger partial charge in [0.05, 0.1) is 5.69 Å². The lowest BCUT2D eigenvalue weighted by Crippen LogP contribution is -2.32. The largest absolute Gasteiger partial charge is 0.340 e. The van der Waals surface area contributed by atoms with Gasteiger partial charge in [0.1, 0.15) is 0 Å². The van der Waals surface area contributed by atoms with Crippen LogP contribution in [0.15, 0.2) is 41.3 Å². The second-order valence-corrected chi connectivity index (χ2v) is 8.22. The highest BCUT2D eigenvalue weighted by molar-refractivity contribution is 5.64. The standard InChI is InChI=1S/C23H31N3O/c1-3-4-12-26(22-9-10-23(27)24(2)17-22)21-8-7-19-11-13-25(15-18-5-6-18)16-20(19)14-21/h7-10,14,17-18H,3-6,11-13,15-16H2,1-2H3. The highest BCUT2D eigenvalue weighted by Gasteiger charge is 2.26. The fourth-order valence-electron chi connectivity index (χ4n) is 4.05. The molecule has 1 fully saturated rings. The zero-order valence-corrected chi connectivity index (χ0v) is 16.7. The molecular formula is C23H31N3O. The molecular weight excluding hydrogens is 334 g/mol. The molecule has 0 amide bonds. The highest BCUT2D eigenvalue weighted by atomic mass is 16.1. The van der Waals surface area contributed by atoms with Crippen LogP contribution in [0.5, 0.6) is 0 Å². The van der Waals surface area contributed by atoms with E-state index in [1.165, 1.54) is 42.7 Å². The molecule has 1 aromatic heterocycles. The Morgan fingerprint density at radius 1 is 1.11 bits per heavy atom. The number of hydrogen-bond donors (Lipinski definition) is 0. The number of nitrogens with zero attached hydrogens (tertiary/aromatic N) is 3. The lowest BCUT2D eigenvalue weighted by molar-refractivity contribution is 0.244. The van der Waals surface area contributed by atoms with E-state index in [1.54, 1.807) is 10.6 Å². The van der Waals surface area contributed by atoms with E-state index in [9.17, 15) is 4.79 Å². The monoisotopic (exact) mass is 365 g/mol. The van der Waals surface area contributed by atoms with E-state index in [0.29, 0.717) is 0 Å². The van der Waals surface area contributed by atoms with Gasteiger partial charge in [-0.15, -0.1) is 0 Å². The molecule has 4 rings (SSSR count). The lowest BCUT2D eigenvalue weighted by atomic mass is 9.98. The minimum atomic E-state index is 0.0374. The molecule has 4 heteroatoms. The summed E-state index contributed by atoms with van der Waals surface area (Å²) in [5, 5.41) is 0. The Morgan fingerprint density at radius 3 is 2.67 bits per heavy atom. The Balaban J connectivity index is 1.61. The smallest absolute Gasteiger partial charge is 0.250 e. The number of rotatable bonds is 7. The molecule has 1 aliphatic carbocycles. The third-order valence-electron chi connectivity index (χ3n) is 5.92. The summed E-state index contributed by atoms with van der Waals surface area (Å²) in [5.74, 6) is 0.946. The van der Waals surface area contributed by atoms with Gasteiger partial charge in [-0.05, 0) is 60.9 Å². The van der Waals surface area contributed by atoms with E-state index >= 15 is 0 Å². The van der Waals surface area contributed by atoms with Gasteiger partial charge >= 0.3 is 0 Å². The van der Waals surface area contributed by atoms with Crippen molar-refractivity contribution in [1.29, 1.82) is 0 Å². The maximum Gasteiger partial charge on any atom is 0.250 e. The van der Waals surface area contributed by atoms with Crippen LogP contribution in [-0.4, -0.2) is 29.1 Å². The maximum atomic E-state index is 11.8. The average molecular weight is 366 g/mol. The molecule has 0 unspecified atom stereocenters. The van der Waals surface area contributed by atoms with Crippen molar-refractivity contribution in [2.24, 2.45) is 13.0 Å². The van der Waals surface area contributed by atoms with Crippen LogP contribution < -0.4 is 10.5 Å². The van der Waals surface area contributed by atoms with Gasteiger partial charge in [-0.1, -0.05) is 19.4 Å². The first kappa shape index (κ1) is 18.3. The van der Waals surface area contributed by atoms with Crippen LogP contribution in [-0.2, 0) is 20.0 Å². The van der Waals surface area contributed by atoms with Crippen LogP contribution >= 0.6 is 0 Å². The first-order valence-corrected chi connectivity index (χ1v) is 10.4. The minimum absolute atomic E-state index is 0.0374. The number of unbranched alkanes of at least 4 members (excludes halogenated alkanes) is 1. The number of hydrogen-bond acceptors (Lipinski definition) is 3. The van der Waals surface area contributed by atoms with Crippen molar-refractivity contribution in [2.45, 2.75) is 45.6 Å². The molecule has 4 nitrogen and oxygen atoms in total. The molecule has 0 saturated heterocycles. The number of anilines is 2. The van der Waals surface area contributed by atoms with E-state index in [0.717, 1.165) is 44.0 Å². The fraction of sp³-hybridized carbons (Fsp3) is 0.522. The van der Waals surface area contributed by atoms with Crippen LogP contribution in [0.2, 0.25) is 0 Å². The Kier molecular flexibility index (Phi) is 5.35. The van der Waals surface area contributed by atoms with Crippen molar-refractivity contribution in [1.82, 2.24) is 9.47 Å². The van der Waals surface area contributed by atoms with E-state index in [1.807, 2.05) is 19.3 Å². The average Bonchev–Trinajstić information content (AvgIpc) is 3.48. The van der Waals surface area contributed by atoms with Gasteiger partial charge in [0.2, 0.25) is 5.56 Å². The van der Waals surface area contributed by atoms with Crippen LogP contribution in [0.4, 0.5) is 11.4 Å². The first-order chi connectivity index (χ1) is 13.1. The maximum absolute atomic E-state index is 11.8. The summed E-state index contributed by atoms with van der Waals surface area (Å²) in [6.07, 6.45) is 8.24. The van der Waals surface area contributed by atoms with E-state index < -0.39 is 0 Å². The number of benzene rings is 1. The zero-order chi connectivity index (χ0) is 18.8. The summed E-state index contributed by atoms with van der Waals surface area (Å²) in [5.41, 5.74) is 5.35. The van der Waals surface area contributed by atoms with Gasteiger partial charge in [-0.2, -0.15) is 0 Å².